The Morgan fingerprint density at radius 2 is 2.17 bits per heavy atom. The Balaban J connectivity index is 2.79. The van der Waals surface area contributed by atoms with Gasteiger partial charge in [0.1, 0.15) is 0 Å². The van der Waals surface area contributed by atoms with Gasteiger partial charge in [0.25, 0.3) is 5.56 Å². The van der Waals surface area contributed by atoms with Gasteiger partial charge < -0.3 is 4.57 Å². The van der Waals surface area contributed by atoms with Crippen molar-refractivity contribution in [3.8, 4) is 0 Å². The Bertz CT molecular complexity index is 750. The third-order valence-electron chi connectivity index (χ3n) is 2.52. The number of hydrogen-bond acceptors (Lipinski definition) is 3. The number of hydrogen-bond donors (Lipinski definition) is 1. The van der Waals surface area contributed by atoms with Crippen molar-refractivity contribution in [1.82, 2.24) is 19.1 Å². The maximum Gasteiger partial charge on any atom is 0.329 e. The van der Waals surface area contributed by atoms with Gasteiger partial charge in [0, 0.05) is 13.6 Å². The van der Waals surface area contributed by atoms with Gasteiger partial charge in [-0.15, -0.1) is 0 Å². The molecule has 0 aliphatic carbocycles. The normalized spacial score (nSPS) is 12.3. The number of imidazole rings is 1. The van der Waals surface area contributed by atoms with Crippen LogP contribution in [0.5, 0.6) is 0 Å². The number of aromatic amines is 1. The van der Waals surface area contributed by atoms with Crippen molar-refractivity contribution in [1.29, 1.82) is 0 Å². The van der Waals surface area contributed by atoms with E-state index < -0.39 is 11.2 Å². The van der Waals surface area contributed by atoms with E-state index in [1.165, 1.54) is 4.57 Å². The van der Waals surface area contributed by atoms with E-state index in [2.05, 4.69) is 41.8 Å². The summed E-state index contributed by atoms with van der Waals surface area (Å²) >= 11 is 6.62. The number of nitrogens with one attached hydrogen (secondary N) is 1. The van der Waals surface area contributed by atoms with Gasteiger partial charge in [0.2, 0.25) is 0 Å². The highest BCUT2D eigenvalue weighted by Crippen LogP contribution is 2.16. The van der Waals surface area contributed by atoms with Gasteiger partial charge in [0.15, 0.2) is 15.9 Å². The largest absolute Gasteiger partial charge is 0.329 e. The average Bonchev–Trinajstić information content (AvgIpc) is 2.61. The zero-order valence-corrected chi connectivity index (χ0v) is 12.9. The summed E-state index contributed by atoms with van der Waals surface area (Å²) in [6.07, 6.45) is 1.90. The fourth-order valence-electron chi connectivity index (χ4n) is 1.59. The first-order valence-corrected chi connectivity index (χ1v) is 6.67. The van der Waals surface area contributed by atoms with E-state index >= 15 is 0 Å². The predicted octanol–water partition coefficient (Wildman–Crippen LogP) is 1.48. The number of allylic oxidation sites excluding steroid dienone is 2. The minimum Gasteiger partial charge on any atom is -0.309 e. The molecule has 2 aromatic heterocycles. The van der Waals surface area contributed by atoms with Crippen LogP contribution in [0.3, 0.4) is 0 Å². The van der Waals surface area contributed by atoms with Crippen LogP contribution in [0, 0.1) is 0 Å². The van der Waals surface area contributed by atoms with Crippen LogP contribution in [0.4, 0.5) is 0 Å². The van der Waals surface area contributed by atoms with E-state index in [0.717, 1.165) is 4.48 Å². The Hall–Kier alpha value is -1.15. The SMILES string of the molecule is C/C(Br)=C/Cn1c(Br)nc2c1c(=O)[nH]c(=O)n2C. The molecule has 6 nitrogen and oxygen atoms in total. The highest BCUT2D eigenvalue weighted by atomic mass is 79.9. The predicted molar refractivity (Wildman–Crippen MR) is 76.0 cm³/mol. The number of halogens is 2. The van der Waals surface area contributed by atoms with Crippen LogP contribution in [0.25, 0.3) is 11.2 Å². The lowest BCUT2D eigenvalue weighted by molar-refractivity contribution is 0.807. The molecule has 0 saturated carbocycles. The van der Waals surface area contributed by atoms with Crippen molar-refractivity contribution in [3.05, 3.63) is 36.1 Å². The number of aromatic nitrogens is 4. The van der Waals surface area contributed by atoms with Crippen LogP contribution in [-0.4, -0.2) is 19.1 Å². The van der Waals surface area contributed by atoms with Gasteiger partial charge in [-0.1, -0.05) is 22.0 Å². The highest BCUT2D eigenvalue weighted by Gasteiger charge is 2.14. The topological polar surface area (TPSA) is 72.7 Å². The minimum absolute atomic E-state index is 0.358. The van der Waals surface area contributed by atoms with Gasteiger partial charge in [-0.3, -0.25) is 14.3 Å². The van der Waals surface area contributed by atoms with Crippen molar-refractivity contribution >= 4 is 43.0 Å². The molecule has 0 bridgehead atoms. The van der Waals surface area contributed by atoms with Gasteiger partial charge in [-0.05, 0) is 27.3 Å². The molecule has 18 heavy (non-hydrogen) atoms. The molecule has 0 aliphatic rings. The molecule has 0 radical (unpaired) electrons. The fourth-order valence-corrected chi connectivity index (χ4v) is 2.23. The standard InChI is InChI=1S/C10H10Br2N4O2/c1-5(11)3-4-16-6-7(13-9(16)12)15(2)10(18)14-8(6)17/h3H,4H2,1-2H3,(H,14,17,18)/b5-3-. The van der Waals surface area contributed by atoms with Gasteiger partial charge in [-0.25, -0.2) is 9.78 Å². The first-order valence-electron chi connectivity index (χ1n) is 5.09. The lowest BCUT2D eigenvalue weighted by atomic mass is 10.4. The summed E-state index contributed by atoms with van der Waals surface area (Å²) in [5, 5.41) is 0. The molecule has 8 heteroatoms. The van der Waals surface area contributed by atoms with E-state index in [4.69, 9.17) is 0 Å². The lowest BCUT2D eigenvalue weighted by Crippen LogP contribution is -2.29. The molecule has 96 valence electrons. The Labute approximate surface area is 119 Å². The number of nitrogens with zero attached hydrogens (tertiary/aromatic N) is 3. The van der Waals surface area contributed by atoms with E-state index in [-0.39, 0.29) is 0 Å². The van der Waals surface area contributed by atoms with Crippen LogP contribution in [0.1, 0.15) is 6.92 Å². The lowest BCUT2D eigenvalue weighted by Gasteiger charge is -2.02. The summed E-state index contributed by atoms with van der Waals surface area (Å²) in [6.45, 7) is 2.38. The molecule has 0 saturated heterocycles. The molecular formula is C10H10Br2N4O2. The van der Waals surface area contributed by atoms with Crippen molar-refractivity contribution < 1.29 is 0 Å². The summed E-state index contributed by atoms with van der Waals surface area (Å²) in [7, 11) is 1.57. The third-order valence-corrected chi connectivity index (χ3v) is 3.44. The third kappa shape index (κ3) is 2.22. The Kier molecular flexibility index (Phi) is 3.58. The maximum absolute atomic E-state index is 11.8. The first-order chi connectivity index (χ1) is 8.41. The summed E-state index contributed by atoms with van der Waals surface area (Å²) < 4.78 is 4.47. The van der Waals surface area contributed by atoms with Crippen molar-refractivity contribution in [3.63, 3.8) is 0 Å². The molecule has 0 spiro atoms. The van der Waals surface area contributed by atoms with Crippen LogP contribution in [0.2, 0.25) is 0 Å². The molecule has 1 N–H and O–H groups in total. The van der Waals surface area contributed by atoms with Crippen molar-refractivity contribution in [2.24, 2.45) is 7.05 Å². The molecule has 0 fully saturated rings. The maximum atomic E-state index is 11.8. The number of fused-ring (bicyclic) bond motifs is 1. The number of aryl methyl sites for hydroxylation is 1. The smallest absolute Gasteiger partial charge is 0.309 e. The second kappa shape index (κ2) is 4.85. The number of rotatable bonds is 2. The van der Waals surface area contributed by atoms with Crippen molar-refractivity contribution in [2.75, 3.05) is 0 Å². The van der Waals surface area contributed by atoms with E-state index in [0.29, 0.717) is 22.4 Å². The summed E-state index contributed by atoms with van der Waals surface area (Å²) in [5.41, 5.74) is -0.186. The second-order valence-corrected chi connectivity index (χ2v) is 5.73. The van der Waals surface area contributed by atoms with Gasteiger partial charge in [-0.2, -0.15) is 0 Å². The van der Waals surface area contributed by atoms with Gasteiger partial charge >= 0.3 is 5.69 Å². The van der Waals surface area contributed by atoms with Crippen molar-refractivity contribution in [2.45, 2.75) is 13.5 Å². The second-order valence-electron chi connectivity index (χ2n) is 3.77. The molecule has 0 atom stereocenters. The molecule has 0 amide bonds. The first kappa shape index (κ1) is 13.3. The summed E-state index contributed by atoms with van der Waals surface area (Å²) in [6, 6.07) is 0. The quantitative estimate of drug-likeness (QED) is 0.805. The van der Waals surface area contributed by atoms with Crippen LogP contribution < -0.4 is 11.2 Å². The molecule has 0 aliphatic heterocycles. The van der Waals surface area contributed by atoms with Crippen LogP contribution >= 0.6 is 31.9 Å². The zero-order valence-electron chi connectivity index (χ0n) is 9.70. The molecule has 0 unspecified atom stereocenters. The molecule has 0 aromatic carbocycles. The molecule has 2 heterocycles. The molecular weight excluding hydrogens is 368 g/mol. The Morgan fingerprint density at radius 1 is 1.50 bits per heavy atom. The summed E-state index contributed by atoms with van der Waals surface area (Å²) in [4.78, 5) is 29.8. The fraction of sp³-hybridized carbons (Fsp3) is 0.300. The zero-order chi connectivity index (χ0) is 13.4. The highest BCUT2D eigenvalue weighted by molar-refractivity contribution is 9.11. The van der Waals surface area contributed by atoms with Gasteiger partial charge in [0.05, 0.1) is 0 Å². The van der Waals surface area contributed by atoms with Crippen LogP contribution in [0.15, 0.2) is 24.9 Å². The molecule has 2 rings (SSSR count). The number of H-pyrrole nitrogens is 1. The average molecular weight is 378 g/mol. The monoisotopic (exact) mass is 376 g/mol. The minimum atomic E-state index is -0.475. The summed E-state index contributed by atoms with van der Waals surface area (Å²) in [5.74, 6) is 0. The Morgan fingerprint density at radius 3 is 2.78 bits per heavy atom. The van der Waals surface area contributed by atoms with E-state index in [1.54, 1.807) is 11.6 Å². The van der Waals surface area contributed by atoms with E-state index in [1.807, 2.05) is 13.0 Å². The van der Waals surface area contributed by atoms with Crippen LogP contribution in [-0.2, 0) is 13.6 Å². The van der Waals surface area contributed by atoms with E-state index in [9.17, 15) is 9.59 Å². The molecule has 2 aromatic rings.